The molecular formula is C10H13NS. The van der Waals surface area contributed by atoms with Crippen LogP contribution >= 0.6 is 12.6 Å². The summed E-state index contributed by atoms with van der Waals surface area (Å²) in [5.74, 6) is 0. The molecule has 2 rings (SSSR count). The Balaban J connectivity index is 2.53. The van der Waals surface area contributed by atoms with E-state index in [1.54, 1.807) is 0 Å². The van der Waals surface area contributed by atoms with Crippen molar-refractivity contribution in [1.82, 2.24) is 0 Å². The van der Waals surface area contributed by atoms with Gasteiger partial charge in [0.2, 0.25) is 0 Å². The Morgan fingerprint density at radius 3 is 3.00 bits per heavy atom. The second-order valence-electron chi connectivity index (χ2n) is 3.35. The van der Waals surface area contributed by atoms with E-state index in [1.807, 2.05) is 6.07 Å². The first-order valence-electron chi connectivity index (χ1n) is 4.35. The molecule has 0 saturated heterocycles. The molecule has 0 saturated carbocycles. The molecule has 64 valence electrons. The number of fused-ring (bicyclic) bond motifs is 1. The van der Waals surface area contributed by atoms with Crippen LogP contribution in [0.15, 0.2) is 23.1 Å². The number of hydrogen-bond donors (Lipinski definition) is 2. The van der Waals surface area contributed by atoms with Crippen LogP contribution in [0, 0.1) is 0 Å². The molecule has 12 heavy (non-hydrogen) atoms. The van der Waals surface area contributed by atoms with Crippen LogP contribution < -0.4 is 5.73 Å². The Labute approximate surface area is 78.4 Å². The van der Waals surface area contributed by atoms with Crippen LogP contribution in [-0.4, -0.2) is 0 Å². The van der Waals surface area contributed by atoms with Crippen LogP contribution in [0.25, 0.3) is 0 Å². The van der Waals surface area contributed by atoms with Crippen molar-refractivity contribution in [2.45, 2.75) is 30.2 Å². The number of benzene rings is 1. The van der Waals surface area contributed by atoms with Crippen LogP contribution in [-0.2, 0) is 6.42 Å². The fourth-order valence-corrected chi connectivity index (χ4v) is 2.30. The van der Waals surface area contributed by atoms with Crippen LogP contribution in [0.2, 0.25) is 0 Å². The Hall–Kier alpha value is -0.470. The molecule has 0 heterocycles. The van der Waals surface area contributed by atoms with Gasteiger partial charge < -0.3 is 5.73 Å². The summed E-state index contributed by atoms with van der Waals surface area (Å²) < 4.78 is 0. The van der Waals surface area contributed by atoms with Crippen molar-refractivity contribution in [3.63, 3.8) is 0 Å². The van der Waals surface area contributed by atoms with Gasteiger partial charge >= 0.3 is 0 Å². The third-order valence-corrected chi connectivity index (χ3v) is 2.90. The van der Waals surface area contributed by atoms with E-state index in [-0.39, 0.29) is 6.04 Å². The molecule has 0 radical (unpaired) electrons. The first kappa shape index (κ1) is 8.14. The molecule has 1 aromatic carbocycles. The third-order valence-electron chi connectivity index (χ3n) is 2.51. The minimum absolute atomic E-state index is 0.211. The van der Waals surface area contributed by atoms with Gasteiger partial charge in [-0.3, -0.25) is 0 Å². The fourth-order valence-electron chi connectivity index (χ4n) is 1.90. The van der Waals surface area contributed by atoms with Crippen LogP contribution in [0.3, 0.4) is 0 Å². The molecule has 0 aliphatic heterocycles. The molecule has 1 aliphatic rings. The maximum Gasteiger partial charge on any atom is 0.0308 e. The predicted molar refractivity (Wildman–Crippen MR) is 53.6 cm³/mol. The Bertz CT molecular complexity index is 296. The van der Waals surface area contributed by atoms with E-state index in [2.05, 4.69) is 24.8 Å². The highest BCUT2D eigenvalue weighted by molar-refractivity contribution is 7.80. The molecule has 0 spiro atoms. The lowest BCUT2D eigenvalue weighted by Crippen LogP contribution is -2.17. The molecule has 0 aromatic heterocycles. The average molecular weight is 179 g/mol. The lowest BCUT2D eigenvalue weighted by molar-refractivity contribution is 0.561. The topological polar surface area (TPSA) is 26.0 Å². The van der Waals surface area contributed by atoms with Gasteiger partial charge in [-0.1, -0.05) is 12.1 Å². The highest BCUT2D eigenvalue weighted by Gasteiger charge is 2.17. The standard InChI is InChI=1S/C10H13NS/c11-8-5-1-3-7-4-2-6-9(12)10(7)8/h2,4,6,8,12H,1,3,5,11H2. The molecule has 1 nitrogen and oxygen atoms in total. The maximum absolute atomic E-state index is 6.00. The van der Waals surface area contributed by atoms with Gasteiger partial charge in [0.25, 0.3) is 0 Å². The smallest absolute Gasteiger partial charge is 0.0308 e. The van der Waals surface area contributed by atoms with Gasteiger partial charge in [0, 0.05) is 10.9 Å². The molecule has 0 bridgehead atoms. The van der Waals surface area contributed by atoms with E-state index in [4.69, 9.17) is 5.73 Å². The van der Waals surface area contributed by atoms with Crippen molar-refractivity contribution >= 4 is 12.6 Å². The molecule has 1 unspecified atom stereocenters. The zero-order valence-corrected chi connectivity index (χ0v) is 7.85. The van der Waals surface area contributed by atoms with Crippen molar-refractivity contribution in [3.05, 3.63) is 29.3 Å². The zero-order valence-electron chi connectivity index (χ0n) is 6.96. The molecular weight excluding hydrogens is 166 g/mol. The summed E-state index contributed by atoms with van der Waals surface area (Å²) in [6.45, 7) is 0. The first-order chi connectivity index (χ1) is 5.79. The number of thiol groups is 1. The van der Waals surface area contributed by atoms with Gasteiger partial charge in [0.1, 0.15) is 0 Å². The van der Waals surface area contributed by atoms with Crippen molar-refractivity contribution in [1.29, 1.82) is 0 Å². The summed E-state index contributed by atoms with van der Waals surface area (Å²) in [6.07, 6.45) is 3.48. The molecule has 2 heteroatoms. The largest absolute Gasteiger partial charge is 0.324 e. The highest BCUT2D eigenvalue weighted by Crippen LogP contribution is 2.32. The summed E-state index contributed by atoms with van der Waals surface area (Å²) in [7, 11) is 0. The monoisotopic (exact) mass is 179 g/mol. The van der Waals surface area contributed by atoms with E-state index < -0.39 is 0 Å². The summed E-state index contributed by atoms with van der Waals surface area (Å²) >= 11 is 4.41. The predicted octanol–water partition coefficient (Wildman–Crippen LogP) is 2.31. The van der Waals surface area contributed by atoms with Gasteiger partial charge in [-0.2, -0.15) is 0 Å². The van der Waals surface area contributed by atoms with Gasteiger partial charge in [-0.05, 0) is 36.5 Å². The lowest BCUT2D eigenvalue weighted by atomic mass is 9.88. The Morgan fingerprint density at radius 1 is 1.42 bits per heavy atom. The average Bonchev–Trinajstić information content (AvgIpc) is 2.04. The fraction of sp³-hybridized carbons (Fsp3) is 0.400. The van der Waals surface area contributed by atoms with Crippen molar-refractivity contribution < 1.29 is 0 Å². The second kappa shape index (κ2) is 3.11. The minimum atomic E-state index is 0.211. The SMILES string of the molecule is NC1CCCc2cccc(S)c21. The molecule has 2 N–H and O–H groups in total. The van der Waals surface area contributed by atoms with E-state index in [9.17, 15) is 0 Å². The van der Waals surface area contributed by atoms with Crippen LogP contribution in [0.4, 0.5) is 0 Å². The third kappa shape index (κ3) is 1.25. The number of rotatable bonds is 0. The Morgan fingerprint density at radius 2 is 2.25 bits per heavy atom. The molecule has 1 atom stereocenters. The van der Waals surface area contributed by atoms with E-state index in [0.29, 0.717) is 0 Å². The minimum Gasteiger partial charge on any atom is -0.324 e. The van der Waals surface area contributed by atoms with Crippen molar-refractivity contribution in [3.8, 4) is 0 Å². The highest BCUT2D eigenvalue weighted by atomic mass is 32.1. The summed E-state index contributed by atoms with van der Waals surface area (Å²) in [6, 6.07) is 6.45. The van der Waals surface area contributed by atoms with Crippen molar-refractivity contribution in [2.75, 3.05) is 0 Å². The van der Waals surface area contributed by atoms with E-state index >= 15 is 0 Å². The number of aryl methyl sites for hydroxylation is 1. The molecule has 0 amide bonds. The number of hydrogen-bond acceptors (Lipinski definition) is 2. The summed E-state index contributed by atoms with van der Waals surface area (Å²) in [5, 5.41) is 0. The molecule has 0 fully saturated rings. The normalized spacial score (nSPS) is 22.0. The van der Waals surface area contributed by atoms with Gasteiger partial charge in [0.05, 0.1) is 0 Å². The zero-order chi connectivity index (χ0) is 8.55. The van der Waals surface area contributed by atoms with Crippen LogP contribution in [0.5, 0.6) is 0 Å². The summed E-state index contributed by atoms with van der Waals surface area (Å²) in [5.41, 5.74) is 8.66. The second-order valence-corrected chi connectivity index (χ2v) is 3.83. The van der Waals surface area contributed by atoms with Gasteiger partial charge in [0.15, 0.2) is 0 Å². The van der Waals surface area contributed by atoms with E-state index in [0.717, 1.165) is 17.7 Å². The maximum atomic E-state index is 6.00. The number of nitrogens with two attached hydrogens (primary N) is 1. The van der Waals surface area contributed by atoms with Gasteiger partial charge in [-0.15, -0.1) is 12.6 Å². The van der Waals surface area contributed by atoms with Crippen LogP contribution in [0.1, 0.15) is 30.0 Å². The quantitative estimate of drug-likeness (QED) is 0.587. The van der Waals surface area contributed by atoms with Gasteiger partial charge in [-0.25, -0.2) is 0 Å². The first-order valence-corrected chi connectivity index (χ1v) is 4.80. The van der Waals surface area contributed by atoms with E-state index in [1.165, 1.54) is 17.5 Å². The molecule has 1 aromatic rings. The molecule has 1 aliphatic carbocycles. The lowest BCUT2D eigenvalue weighted by Gasteiger charge is -2.23. The Kier molecular flexibility index (Phi) is 2.11. The van der Waals surface area contributed by atoms with Crippen molar-refractivity contribution in [2.24, 2.45) is 5.73 Å². The summed E-state index contributed by atoms with van der Waals surface area (Å²) in [4.78, 5) is 1.06.